The molecule has 0 saturated heterocycles. The first-order chi connectivity index (χ1) is 7.92. The van der Waals surface area contributed by atoms with Crippen molar-refractivity contribution in [3.05, 3.63) is 18.2 Å². The first kappa shape index (κ1) is 13.8. The maximum absolute atomic E-state index is 11.8. The SMILES string of the molecule is CCNS(=O)(=O)c1ccc(N)c(N(C)CC)c1. The lowest BCUT2D eigenvalue weighted by Crippen LogP contribution is -2.24. The zero-order chi connectivity index (χ0) is 13.1. The molecule has 5 nitrogen and oxygen atoms in total. The van der Waals surface area contributed by atoms with Gasteiger partial charge in [-0.15, -0.1) is 0 Å². The van der Waals surface area contributed by atoms with Crippen LogP contribution in [0.3, 0.4) is 0 Å². The molecule has 6 heteroatoms. The number of nitrogen functional groups attached to an aromatic ring is 1. The Kier molecular flexibility index (Phi) is 4.36. The highest BCUT2D eigenvalue weighted by molar-refractivity contribution is 7.89. The van der Waals surface area contributed by atoms with Gasteiger partial charge < -0.3 is 10.6 Å². The van der Waals surface area contributed by atoms with Crippen LogP contribution in [0.1, 0.15) is 13.8 Å². The molecule has 1 aromatic rings. The molecule has 0 aliphatic heterocycles. The molecule has 96 valence electrons. The van der Waals surface area contributed by atoms with Gasteiger partial charge in [0.15, 0.2) is 0 Å². The highest BCUT2D eigenvalue weighted by Crippen LogP contribution is 2.25. The second-order valence-electron chi connectivity index (χ2n) is 3.74. The van der Waals surface area contributed by atoms with Crippen LogP contribution in [-0.4, -0.2) is 28.6 Å². The molecule has 17 heavy (non-hydrogen) atoms. The third-order valence-corrected chi connectivity index (χ3v) is 4.08. The molecule has 0 aliphatic rings. The number of anilines is 2. The van der Waals surface area contributed by atoms with Crippen molar-refractivity contribution in [2.75, 3.05) is 30.8 Å². The number of hydrogen-bond acceptors (Lipinski definition) is 4. The monoisotopic (exact) mass is 257 g/mol. The summed E-state index contributed by atoms with van der Waals surface area (Å²) in [6, 6.07) is 4.73. The number of benzene rings is 1. The Balaban J connectivity index is 3.21. The first-order valence-corrected chi connectivity index (χ1v) is 7.01. The lowest BCUT2D eigenvalue weighted by molar-refractivity contribution is 0.584. The van der Waals surface area contributed by atoms with Crippen molar-refractivity contribution in [2.24, 2.45) is 0 Å². The Bertz CT molecular complexity index is 485. The van der Waals surface area contributed by atoms with Gasteiger partial charge >= 0.3 is 0 Å². The molecule has 0 heterocycles. The van der Waals surface area contributed by atoms with Crippen LogP contribution in [0.4, 0.5) is 11.4 Å². The molecule has 1 rings (SSSR count). The second kappa shape index (κ2) is 5.37. The topological polar surface area (TPSA) is 75.4 Å². The smallest absolute Gasteiger partial charge is 0.240 e. The van der Waals surface area contributed by atoms with Crippen molar-refractivity contribution >= 4 is 21.4 Å². The van der Waals surface area contributed by atoms with E-state index in [1.807, 2.05) is 18.9 Å². The van der Waals surface area contributed by atoms with E-state index in [0.29, 0.717) is 12.2 Å². The van der Waals surface area contributed by atoms with E-state index in [1.54, 1.807) is 19.1 Å². The summed E-state index contributed by atoms with van der Waals surface area (Å²) in [6.45, 7) is 4.85. The molecule has 0 spiro atoms. The predicted molar refractivity (Wildman–Crippen MR) is 70.7 cm³/mol. The summed E-state index contributed by atoms with van der Waals surface area (Å²) >= 11 is 0. The average molecular weight is 257 g/mol. The molecule has 0 unspecified atom stereocenters. The minimum Gasteiger partial charge on any atom is -0.397 e. The summed E-state index contributed by atoms with van der Waals surface area (Å²) in [6.07, 6.45) is 0. The molecule has 0 aromatic heterocycles. The predicted octanol–water partition coefficient (Wildman–Crippen LogP) is 1.02. The molecule has 0 bridgehead atoms. The van der Waals surface area contributed by atoms with Crippen LogP contribution in [0.2, 0.25) is 0 Å². The quantitative estimate of drug-likeness (QED) is 0.772. The molecule has 0 aliphatic carbocycles. The number of rotatable bonds is 5. The number of hydrogen-bond donors (Lipinski definition) is 2. The van der Waals surface area contributed by atoms with Gasteiger partial charge in [0.05, 0.1) is 16.3 Å². The molecule has 0 fully saturated rings. The van der Waals surface area contributed by atoms with E-state index in [0.717, 1.165) is 12.2 Å². The molecule has 3 N–H and O–H groups in total. The Labute approximate surface area is 103 Å². The minimum atomic E-state index is -3.42. The van der Waals surface area contributed by atoms with E-state index in [1.165, 1.54) is 6.07 Å². The van der Waals surface area contributed by atoms with Crippen LogP contribution < -0.4 is 15.4 Å². The third kappa shape index (κ3) is 3.10. The number of sulfonamides is 1. The average Bonchev–Trinajstić information content (AvgIpc) is 2.28. The molecule has 0 atom stereocenters. The van der Waals surface area contributed by atoms with Gasteiger partial charge in [0.25, 0.3) is 0 Å². The minimum absolute atomic E-state index is 0.240. The van der Waals surface area contributed by atoms with Gasteiger partial charge in [0.2, 0.25) is 10.0 Å². The summed E-state index contributed by atoms with van der Waals surface area (Å²) in [4.78, 5) is 2.14. The number of nitrogens with zero attached hydrogens (tertiary/aromatic N) is 1. The van der Waals surface area contributed by atoms with Gasteiger partial charge in [-0.3, -0.25) is 0 Å². The third-order valence-electron chi connectivity index (χ3n) is 2.53. The largest absolute Gasteiger partial charge is 0.397 e. The molecule has 0 saturated carbocycles. The van der Waals surface area contributed by atoms with E-state index >= 15 is 0 Å². The van der Waals surface area contributed by atoms with Crippen LogP contribution in [0.15, 0.2) is 23.1 Å². The van der Waals surface area contributed by atoms with E-state index in [-0.39, 0.29) is 4.90 Å². The molecular formula is C11H19N3O2S. The fourth-order valence-corrected chi connectivity index (χ4v) is 2.53. The fourth-order valence-electron chi connectivity index (χ4n) is 1.46. The Hall–Kier alpha value is -1.27. The lowest BCUT2D eigenvalue weighted by atomic mass is 10.2. The Morgan fingerprint density at radius 1 is 1.35 bits per heavy atom. The standard InChI is InChI=1S/C11H19N3O2S/c1-4-13-17(15,16)9-6-7-10(12)11(8-9)14(3)5-2/h6-8,13H,4-5,12H2,1-3H3. The van der Waals surface area contributed by atoms with Crippen molar-refractivity contribution in [3.63, 3.8) is 0 Å². The molecule has 1 aromatic carbocycles. The van der Waals surface area contributed by atoms with Crippen LogP contribution in [-0.2, 0) is 10.0 Å². The normalized spacial score (nSPS) is 11.5. The van der Waals surface area contributed by atoms with Crippen LogP contribution in [0, 0.1) is 0 Å². The van der Waals surface area contributed by atoms with E-state index < -0.39 is 10.0 Å². The number of nitrogens with one attached hydrogen (secondary N) is 1. The summed E-state index contributed by atoms with van der Waals surface area (Å²) in [5, 5.41) is 0. The van der Waals surface area contributed by atoms with Crippen molar-refractivity contribution in [1.29, 1.82) is 0 Å². The van der Waals surface area contributed by atoms with Crippen LogP contribution in [0.5, 0.6) is 0 Å². The van der Waals surface area contributed by atoms with E-state index in [9.17, 15) is 8.42 Å². The van der Waals surface area contributed by atoms with Crippen molar-refractivity contribution in [2.45, 2.75) is 18.7 Å². The van der Waals surface area contributed by atoms with Gasteiger partial charge in [-0.1, -0.05) is 6.92 Å². The summed E-state index contributed by atoms with van der Waals surface area (Å²) in [7, 11) is -1.55. The van der Waals surface area contributed by atoms with E-state index in [4.69, 9.17) is 5.73 Å². The summed E-state index contributed by atoms with van der Waals surface area (Å²) in [5.74, 6) is 0. The van der Waals surface area contributed by atoms with Gasteiger partial charge in [-0.2, -0.15) is 0 Å². The highest BCUT2D eigenvalue weighted by atomic mass is 32.2. The number of nitrogens with two attached hydrogens (primary N) is 1. The van der Waals surface area contributed by atoms with Crippen molar-refractivity contribution < 1.29 is 8.42 Å². The first-order valence-electron chi connectivity index (χ1n) is 5.52. The van der Waals surface area contributed by atoms with Gasteiger partial charge in [0.1, 0.15) is 0 Å². The van der Waals surface area contributed by atoms with Gasteiger partial charge in [-0.05, 0) is 25.1 Å². The molecule has 0 amide bonds. The van der Waals surface area contributed by atoms with Crippen LogP contribution >= 0.6 is 0 Å². The molecule has 0 radical (unpaired) electrons. The summed E-state index contributed by atoms with van der Waals surface area (Å²) in [5.41, 5.74) is 7.13. The van der Waals surface area contributed by atoms with Gasteiger partial charge in [-0.25, -0.2) is 13.1 Å². The van der Waals surface area contributed by atoms with E-state index in [2.05, 4.69) is 4.72 Å². The summed E-state index contributed by atoms with van der Waals surface area (Å²) < 4.78 is 26.1. The maximum atomic E-state index is 11.8. The second-order valence-corrected chi connectivity index (χ2v) is 5.50. The fraction of sp³-hybridized carbons (Fsp3) is 0.455. The Morgan fingerprint density at radius 2 is 2.00 bits per heavy atom. The highest BCUT2D eigenvalue weighted by Gasteiger charge is 2.15. The van der Waals surface area contributed by atoms with Crippen LogP contribution in [0.25, 0.3) is 0 Å². The van der Waals surface area contributed by atoms with Crippen molar-refractivity contribution in [3.8, 4) is 0 Å². The molecular weight excluding hydrogens is 238 g/mol. The maximum Gasteiger partial charge on any atom is 0.240 e. The lowest BCUT2D eigenvalue weighted by Gasteiger charge is -2.19. The van der Waals surface area contributed by atoms with Gasteiger partial charge in [0, 0.05) is 20.1 Å². The zero-order valence-corrected chi connectivity index (χ0v) is 11.2. The zero-order valence-electron chi connectivity index (χ0n) is 10.4. The Morgan fingerprint density at radius 3 is 2.53 bits per heavy atom. The van der Waals surface area contributed by atoms with Crippen molar-refractivity contribution in [1.82, 2.24) is 4.72 Å².